The monoisotopic (exact) mass is 416 g/mol. The highest BCUT2D eigenvalue weighted by Gasteiger charge is 2.45. The van der Waals surface area contributed by atoms with Crippen molar-refractivity contribution in [1.29, 1.82) is 5.26 Å². The first kappa shape index (κ1) is 19.8. The van der Waals surface area contributed by atoms with Crippen LogP contribution in [0.4, 0.5) is 5.82 Å². The Labute approximate surface area is 182 Å². The lowest BCUT2D eigenvalue weighted by molar-refractivity contribution is 0.0648. The van der Waals surface area contributed by atoms with E-state index in [1.807, 2.05) is 25.4 Å². The first-order valence-corrected chi connectivity index (χ1v) is 11.1. The zero-order valence-corrected chi connectivity index (χ0v) is 18.2. The van der Waals surface area contributed by atoms with Gasteiger partial charge in [0.15, 0.2) is 0 Å². The lowest BCUT2D eigenvalue weighted by atomic mass is 9.73. The van der Waals surface area contributed by atoms with E-state index in [0.29, 0.717) is 17.6 Å². The van der Waals surface area contributed by atoms with Crippen LogP contribution in [-0.4, -0.2) is 58.8 Å². The third kappa shape index (κ3) is 3.51. The van der Waals surface area contributed by atoms with Gasteiger partial charge in [-0.15, -0.1) is 0 Å². The molecule has 7 heteroatoms. The smallest absolute Gasteiger partial charge is 0.138 e. The summed E-state index contributed by atoms with van der Waals surface area (Å²) in [6.45, 7) is 10.5. The van der Waals surface area contributed by atoms with Crippen LogP contribution in [0, 0.1) is 16.7 Å². The molecule has 160 valence electrons. The molecular weight excluding hydrogens is 388 g/mol. The number of nitriles is 1. The van der Waals surface area contributed by atoms with Crippen molar-refractivity contribution in [3.8, 4) is 22.9 Å². The van der Waals surface area contributed by atoms with Crippen LogP contribution in [0.1, 0.15) is 32.3 Å². The molecule has 5 heterocycles. The summed E-state index contributed by atoms with van der Waals surface area (Å²) in [5.41, 5.74) is 3.63. The van der Waals surface area contributed by atoms with Crippen molar-refractivity contribution in [2.45, 2.75) is 26.7 Å². The van der Waals surface area contributed by atoms with Crippen molar-refractivity contribution in [3.05, 3.63) is 42.4 Å². The molecule has 7 nitrogen and oxygen atoms in total. The van der Waals surface area contributed by atoms with Gasteiger partial charge in [0.05, 0.1) is 30.1 Å². The van der Waals surface area contributed by atoms with E-state index < -0.39 is 0 Å². The van der Waals surface area contributed by atoms with Gasteiger partial charge in [0.2, 0.25) is 0 Å². The van der Waals surface area contributed by atoms with E-state index in [1.54, 1.807) is 10.7 Å². The number of fused-ring (bicyclic) bond motifs is 1. The van der Waals surface area contributed by atoms with Crippen molar-refractivity contribution in [2.75, 3.05) is 44.2 Å². The quantitative estimate of drug-likeness (QED) is 0.633. The minimum absolute atomic E-state index is 0.436. The number of likely N-dealkylation sites (tertiary alicyclic amines) is 1. The summed E-state index contributed by atoms with van der Waals surface area (Å²) < 4.78 is 7.43. The molecule has 0 unspecified atom stereocenters. The number of hydrogen-bond donors (Lipinski definition) is 0. The summed E-state index contributed by atoms with van der Waals surface area (Å²) in [4.78, 5) is 9.73. The molecule has 0 N–H and O–H groups in total. The SMILES string of the molecule is CCOc1cc(-c2ccc(N3CC4(CCCN(CC)C4)C3)nc2)c2c(C#N)cnn2c1. The van der Waals surface area contributed by atoms with Gasteiger partial charge < -0.3 is 14.5 Å². The highest BCUT2D eigenvalue weighted by Crippen LogP contribution is 2.41. The fourth-order valence-corrected chi connectivity index (χ4v) is 5.14. The van der Waals surface area contributed by atoms with Crippen LogP contribution in [0.25, 0.3) is 16.6 Å². The minimum atomic E-state index is 0.436. The third-order valence-electron chi connectivity index (χ3n) is 6.64. The second-order valence-electron chi connectivity index (χ2n) is 8.72. The molecule has 3 aromatic heterocycles. The normalized spacial score (nSPS) is 18.2. The fourth-order valence-electron chi connectivity index (χ4n) is 5.14. The first-order chi connectivity index (χ1) is 15.1. The molecule has 0 aliphatic carbocycles. The number of rotatable bonds is 5. The Morgan fingerprint density at radius 3 is 2.77 bits per heavy atom. The standard InChI is InChI=1S/C24H28N6O/c1-3-28-9-5-8-24(15-28)16-29(17-24)22-7-6-18(12-26-22)21-10-20(31-4-2)14-30-23(21)19(11-25)13-27-30/h6-7,10,12-14H,3-5,8-9,15-17H2,1-2H3. The summed E-state index contributed by atoms with van der Waals surface area (Å²) in [5, 5.41) is 13.9. The average molecular weight is 417 g/mol. The van der Waals surface area contributed by atoms with Gasteiger partial charge in [-0.3, -0.25) is 0 Å². The number of anilines is 1. The molecule has 0 amide bonds. The molecule has 0 saturated carbocycles. The predicted molar refractivity (Wildman–Crippen MR) is 120 cm³/mol. The summed E-state index contributed by atoms with van der Waals surface area (Å²) in [6.07, 6.45) is 7.93. The Morgan fingerprint density at radius 2 is 2.06 bits per heavy atom. The Hall–Kier alpha value is -3.11. The molecule has 2 fully saturated rings. The molecule has 1 spiro atoms. The van der Waals surface area contributed by atoms with E-state index >= 15 is 0 Å². The molecule has 2 aliphatic heterocycles. The van der Waals surface area contributed by atoms with Gasteiger partial charge in [-0.25, -0.2) is 9.50 Å². The van der Waals surface area contributed by atoms with E-state index in [0.717, 1.165) is 47.8 Å². The molecule has 2 saturated heterocycles. The van der Waals surface area contributed by atoms with Crippen molar-refractivity contribution in [3.63, 3.8) is 0 Å². The third-order valence-corrected chi connectivity index (χ3v) is 6.64. The lowest BCUT2D eigenvalue weighted by Crippen LogP contribution is -2.63. The van der Waals surface area contributed by atoms with Gasteiger partial charge in [0.25, 0.3) is 0 Å². The van der Waals surface area contributed by atoms with Crippen molar-refractivity contribution in [1.82, 2.24) is 19.5 Å². The van der Waals surface area contributed by atoms with Gasteiger partial charge in [0, 0.05) is 42.4 Å². The summed E-state index contributed by atoms with van der Waals surface area (Å²) in [5.74, 6) is 1.75. The molecule has 0 atom stereocenters. The highest BCUT2D eigenvalue weighted by molar-refractivity contribution is 5.85. The maximum atomic E-state index is 9.52. The van der Waals surface area contributed by atoms with Crippen LogP contribution in [0.15, 0.2) is 36.8 Å². The number of hydrogen-bond acceptors (Lipinski definition) is 6. The van der Waals surface area contributed by atoms with E-state index in [4.69, 9.17) is 9.72 Å². The molecule has 0 aromatic carbocycles. The molecule has 3 aromatic rings. The Morgan fingerprint density at radius 1 is 1.19 bits per heavy atom. The summed E-state index contributed by atoms with van der Waals surface area (Å²) in [6, 6.07) is 8.40. The van der Waals surface area contributed by atoms with E-state index in [9.17, 15) is 5.26 Å². The second-order valence-corrected chi connectivity index (χ2v) is 8.72. The van der Waals surface area contributed by atoms with E-state index in [-0.39, 0.29) is 0 Å². The van der Waals surface area contributed by atoms with E-state index in [2.05, 4.69) is 40.0 Å². The van der Waals surface area contributed by atoms with Crippen LogP contribution in [0.5, 0.6) is 5.75 Å². The summed E-state index contributed by atoms with van der Waals surface area (Å²) >= 11 is 0. The zero-order chi connectivity index (χ0) is 21.4. The molecular formula is C24H28N6O. The topological polar surface area (TPSA) is 69.7 Å². The van der Waals surface area contributed by atoms with Crippen molar-refractivity contribution in [2.24, 2.45) is 5.41 Å². The predicted octanol–water partition coefficient (Wildman–Crippen LogP) is 3.59. The van der Waals surface area contributed by atoms with Crippen LogP contribution < -0.4 is 9.64 Å². The lowest BCUT2D eigenvalue weighted by Gasteiger charge is -2.55. The van der Waals surface area contributed by atoms with Crippen LogP contribution in [-0.2, 0) is 0 Å². The molecule has 0 radical (unpaired) electrons. The maximum absolute atomic E-state index is 9.52. The number of pyridine rings is 2. The molecule has 2 aliphatic rings. The van der Waals surface area contributed by atoms with Crippen LogP contribution in [0.3, 0.4) is 0 Å². The molecule has 0 bridgehead atoms. The summed E-state index contributed by atoms with van der Waals surface area (Å²) in [7, 11) is 0. The highest BCUT2D eigenvalue weighted by atomic mass is 16.5. The number of nitrogens with zero attached hydrogens (tertiary/aromatic N) is 6. The Balaban J connectivity index is 1.40. The van der Waals surface area contributed by atoms with E-state index in [1.165, 1.54) is 25.9 Å². The fraction of sp³-hybridized carbons (Fsp3) is 0.458. The number of piperidine rings is 1. The Kier molecular flexibility index (Phi) is 5.03. The van der Waals surface area contributed by atoms with Gasteiger partial charge >= 0.3 is 0 Å². The zero-order valence-electron chi connectivity index (χ0n) is 18.2. The average Bonchev–Trinajstić information content (AvgIpc) is 3.20. The van der Waals surface area contributed by atoms with Gasteiger partial charge in [-0.2, -0.15) is 10.4 Å². The van der Waals surface area contributed by atoms with Gasteiger partial charge in [-0.1, -0.05) is 6.92 Å². The molecule has 5 rings (SSSR count). The van der Waals surface area contributed by atoms with Crippen molar-refractivity contribution < 1.29 is 4.74 Å². The largest absolute Gasteiger partial charge is 0.492 e. The second kappa shape index (κ2) is 7.86. The van der Waals surface area contributed by atoms with Gasteiger partial charge in [-0.05, 0) is 51.1 Å². The van der Waals surface area contributed by atoms with Crippen molar-refractivity contribution >= 4 is 11.3 Å². The Bertz CT molecular complexity index is 1120. The molecule has 31 heavy (non-hydrogen) atoms. The number of ether oxygens (including phenoxy) is 1. The maximum Gasteiger partial charge on any atom is 0.138 e. The number of aromatic nitrogens is 3. The van der Waals surface area contributed by atoms with Gasteiger partial charge in [0.1, 0.15) is 17.6 Å². The minimum Gasteiger partial charge on any atom is -0.492 e. The first-order valence-electron chi connectivity index (χ1n) is 11.1. The van der Waals surface area contributed by atoms with Crippen LogP contribution in [0.2, 0.25) is 0 Å². The van der Waals surface area contributed by atoms with Crippen LogP contribution >= 0.6 is 0 Å².